The standard InChI is InChI=1S/C18H26N2O4/c1-3-4-11-24-17(23)20-9-6-18(7-10-20,16(21)22)13-15-12-14(2)5-8-19-15/h5,8,12H,3-4,6-7,9-11,13H2,1-2H3,(H,21,22). The average molecular weight is 334 g/mol. The number of aryl methyl sites for hydroxylation is 1. The van der Waals surface area contributed by atoms with Crippen molar-refractivity contribution < 1.29 is 19.4 Å². The average Bonchev–Trinajstić information content (AvgIpc) is 2.55. The van der Waals surface area contributed by atoms with Crippen molar-refractivity contribution in [3.05, 3.63) is 29.6 Å². The van der Waals surface area contributed by atoms with Gasteiger partial charge < -0.3 is 14.7 Å². The maximum atomic E-state index is 12.0. The van der Waals surface area contributed by atoms with Crippen molar-refractivity contribution in [2.75, 3.05) is 19.7 Å². The molecule has 6 heteroatoms. The Kier molecular flexibility index (Phi) is 6.17. The van der Waals surface area contributed by atoms with E-state index in [0.29, 0.717) is 39.0 Å². The second-order valence-corrected chi connectivity index (χ2v) is 6.54. The smallest absolute Gasteiger partial charge is 0.409 e. The van der Waals surface area contributed by atoms with Crippen LogP contribution in [-0.2, 0) is 16.0 Å². The van der Waals surface area contributed by atoms with Gasteiger partial charge in [-0.05, 0) is 43.9 Å². The molecule has 1 saturated heterocycles. The van der Waals surface area contributed by atoms with E-state index < -0.39 is 11.4 Å². The Labute approximate surface area is 142 Å². The molecule has 1 fully saturated rings. The van der Waals surface area contributed by atoms with E-state index in [1.54, 1.807) is 11.1 Å². The van der Waals surface area contributed by atoms with Crippen molar-refractivity contribution in [2.45, 2.75) is 46.0 Å². The van der Waals surface area contributed by atoms with Gasteiger partial charge in [0.25, 0.3) is 0 Å². The van der Waals surface area contributed by atoms with E-state index in [-0.39, 0.29) is 6.09 Å². The molecule has 132 valence electrons. The van der Waals surface area contributed by atoms with Crippen LogP contribution in [0.25, 0.3) is 0 Å². The summed E-state index contributed by atoms with van der Waals surface area (Å²) in [4.78, 5) is 29.8. The predicted octanol–water partition coefficient (Wildman–Crippen LogP) is 3.04. The van der Waals surface area contributed by atoms with Gasteiger partial charge in [-0.2, -0.15) is 0 Å². The van der Waals surface area contributed by atoms with E-state index in [9.17, 15) is 14.7 Å². The summed E-state index contributed by atoms with van der Waals surface area (Å²) in [5, 5.41) is 9.76. The van der Waals surface area contributed by atoms with Crippen LogP contribution in [0.1, 0.15) is 43.9 Å². The number of amides is 1. The number of aromatic nitrogens is 1. The molecule has 1 amide bonds. The number of aliphatic carboxylic acids is 1. The number of likely N-dealkylation sites (tertiary alicyclic amines) is 1. The number of hydrogen-bond acceptors (Lipinski definition) is 4. The molecule has 1 aliphatic heterocycles. The van der Waals surface area contributed by atoms with Crippen molar-refractivity contribution in [1.82, 2.24) is 9.88 Å². The predicted molar refractivity (Wildman–Crippen MR) is 89.8 cm³/mol. The largest absolute Gasteiger partial charge is 0.481 e. The quantitative estimate of drug-likeness (QED) is 0.809. The van der Waals surface area contributed by atoms with Crippen molar-refractivity contribution in [3.63, 3.8) is 0 Å². The normalized spacial score (nSPS) is 16.7. The minimum absolute atomic E-state index is 0.337. The number of carbonyl (C=O) groups is 2. The lowest BCUT2D eigenvalue weighted by Crippen LogP contribution is -2.47. The summed E-state index contributed by atoms with van der Waals surface area (Å²) < 4.78 is 5.21. The molecular formula is C18H26N2O4. The fourth-order valence-corrected chi connectivity index (χ4v) is 3.02. The molecule has 24 heavy (non-hydrogen) atoms. The highest BCUT2D eigenvalue weighted by Gasteiger charge is 2.43. The van der Waals surface area contributed by atoms with Gasteiger partial charge in [0.15, 0.2) is 0 Å². The summed E-state index contributed by atoms with van der Waals surface area (Å²) in [6.45, 7) is 5.23. The highest BCUT2D eigenvalue weighted by molar-refractivity contribution is 5.76. The zero-order chi connectivity index (χ0) is 17.6. The van der Waals surface area contributed by atoms with Crippen LogP contribution < -0.4 is 0 Å². The Morgan fingerprint density at radius 3 is 2.67 bits per heavy atom. The summed E-state index contributed by atoms with van der Waals surface area (Å²) >= 11 is 0. The molecule has 0 radical (unpaired) electrons. The molecule has 0 bridgehead atoms. The Hall–Kier alpha value is -2.11. The number of carbonyl (C=O) groups excluding carboxylic acids is 1. The van der Waals surface area contributed by atoms with Crippen LogP contribution in [0.5, 0.6) is 0 Å². The number of hydrogen-bond donors (Lipinski definition) is 1. The first kappa shape index (κ1) is 18.2. The lowest BCUT2D eigenvalue weighted by Gasteiger charge is -2.38. The highest BCUT2D eigenvalue weighted by Crippen LogP contribution is 2.35. The molecule has 0 saturated carbocycles. The van der Waals surface area contributed by atoms with Gasteiger partial charge in [-0.1, -0.05) is 13.3 Å². The maximum absolute atomic E-state index is 12.0. The zero-order valence-electron chi connectivity index (χ0n) is 14.5. The summed E-state index contributed by atoms with van der Waals surface area (Å²) in [6.07, 6.45) is 4.41. The molecule has 1 aromatic rings. The minimum Gasteiger partial charge on any atom is -0.481 e. The third kappa shape index (κ3) is 4.46. The second-order valence-electron chi connectivity index (χ2n) is 6.54. The molecule has 1 N–H and O–H groups in total. The number of rotatable bonds is 6. The first-order chi connectivity index (χ1) is 11.5. The number of nitrogens with zero attached hydrogens (tertiary/aromatic N) is 2. The molecule has 1 aromatic heterocycles. The van der Waals surface area contributed by atoms with E-state index in [2.05, 4.69) is 4.98 Å². The summed E-state index contributed by atoms with van der Waals surface area (Å²) in [7, 11) is 0. The van der Waals surface area contributed by atoms with Gasteiger partial charge in [0.05, 0.1) is 12.0 Å². The van der Waals surface area contributed by atoms with Crippen LogP contribution in [0.15, 0.2) is 18.3 Å². The number of unbranched alkanes of at least 4 members (excludes halogenated alkanes) is 1. The van der Waals surface area contributed by atoms with Gasteiger partial charge in [-0.15, -0.1) is 0 Å². The Morgan fingerprint density at radius 2 is 2.08 bits per heavy atom. The van der Waals surface area contributed by atoms with Gasteiger partial charge >= 0.3 is 12.1 Å². The summed E-state index contributed by atoms with van der Waals surface area (Å²) in [5.74, 6) is -0.815. The van der Waals surface area contributed by atoms with Crippen LogP contribution in [-0.4, -0.2) is 46.7 Å². The minimum atomic E-state index is -0.860. The monoisotopic (exact) mass is 334 g/mol. The van der Waals surface area contributed by atoms with Crippen LogP contribution in [0.3, 0.4) is 0 Å². The van der Waals surface area contributed by atoms with Crippen LogP contribution >= 0.6 is 0 Å². The Morgan fingerprint density at radius 1 is 1.38 bits per heavy atom. The lowest BCUT2D eigenvalue weighted by molar-refractivity contribution is -0.151. The molecule has 6 nitrogen and oxygen atoms in total. The fraction of sp³-hybridized carbons (Fsp3) is 0.611. The number of pyridine rings is 1. The molecular weight excluding hydrogens is 308 g/mol. The van der Waals surface area contributed by atoms with E-state index in [1.165, 1.54) is 0 Å². The SMILES string of the molecule is CCCCOC(=O)N1CCC(Cc2cc(C)ccn2)(C(=O)O)CC1. The van der Waals surface area contributed by atoms with Gasteiger partial charge in [0.2, 0.25) is 0 Å². The molecule has 2 rings (SSSR count). The van der Waals surface area contributed by atoms with Crippen molar-refractivity contribution in [2.24, 2.45) is 5.41 Å². The van der Waals surface area contributed by atoms with Crippen molar-refractivity contribution >= 4 is 12.1 Å². The van der Waals surface area contributed by atoms with Gasteiger partial charge in [0.1, 0.15) is 0 Å². The number of piperidine rings is 1. The number of ether oxygens (including phenoxy) is 1. The Balaban J connectivity index is 1.99. The number of carboxylic acid groups (broad SMARTS) is 1. The van der Waals surface area contributed by atoms with Crippen molar-refractivity contribution in [1.29, 1.82) is 0 Å². The van der Waals surface area contributed by atoms with E-state index in [0.717, 1.165) is 24.1 Å². The zero-order valence-corrected chi connectivity index (χ0v) is 14.5. The van der Waals surface area contributed by atoms with E-state index in [4.69, 9.17) is 4.74 Å². The van der Waals surface area contributed by atoms with Gasteiger partial charge in [-0.25, -0.2) is 4.79 Å². The highest BCUT2D eigenvalue weighted by atomic mass is 16.6. The van der Waals surface area contributed by atoms with E-state index >= 15 is 0 Å². The molecule has 0 aliphatic carbocycles. The van der Waals surface area contributed by atoms with E-state index in [1.807, 2.05) is 26.0 Å². The van der Waals surface area contributed by atoms with Crippen LogP contribution in [0.4, 0.5) is 4.79 Å². The Bertz CT molecular complexity index is 580. The lowest BCUT2D eigenvalue weighted by atomic mass is 9.74. The third-order valence-corrected chi connectivity index (χ3v) is 4.65. The van der Waals surface area contributed by atoms with Gasteiger partial charge in [-0.3, -0.25) is 9.78 Å². The topological polar surface area (TPSA) is 79.7 Å². The fourth-order valence-electron chi connectivity index (χ4n) is 3.02. The van der Waals surface area contributed by atoms with Crippen LogP contribution in [0.2, 0.25) is 0 Å². The summed E-state index contributed by atoms with van der Waals surface area (Å²) in [5.41, 5.74) is 0.995. The molecule has 0 atom stereocenters. The van der Waals surface area contributed by atoms with Gasteiger partial charge in [0, 0.05) is 31.4 Å². The second kappa shape index (κ2) is 8.13. The first-order valence-corrected chi connectivity index (χ1v) is 8.53. The molecule has 0 aromatic carbocycles. The molecule has 1 aliphatic rings. The molecule has 0 spiro atoms. The first-order valence-electron chi connectivity index (χ1n) is 8.53. The maximum Gasteiger partial charge on any atom is 0.409 e. The summed E-state index contributed by atoms with van der Waals surface area (Å²) in [6, 6.07) is 3.82. The number of carboxylic acids is 1. The third-order valence-electron chi connectivity index (χ3n) is 4.65. The van der Waals surface area contributed by atoms with Crippen LogP contribution in [0, 0.1) is 12.3 Å². The molecule has 0 unspecified atom stereocenters. The van der Waals surface area contributed by atoms with Crippen molar-refractivity contribution in [3.8, 4) is 0 Å². The molecule has 2 heterocycles.